The van der Waals surface area contributed by atoms with E-state index in [1.807, 2.05) is 18.2 Å². The maximum absolute atomic E-state index is 14.8. The summed E-state index contributed by atoms with van der Waals surface area (Å²) < 4.78 is 35.9. The molecular formula is C30H28BrN5O5S2. The van der Waals surface area contributed by atoms with Gasteiger partial charge < -0.3 is 19.9 Å². The van der Waals surface area contributed by atoms with Gasteiger partial charge in [-0.1, -0.05) is 34.1 Å². The van der Waals surface area contributed by atoms with Crippen molar-refractivity contribution in [3.8, 4) is 11.3 Å². The average Bonchev–Trinajstić information content (AvgIpc) is 3.04. The third-order valence-corrected chi connectivity index (χ3v) is 10.2. The number of hydrogen-bond acceptors (Lipinski definition) is 9. The lowest BCUT2D eigenvalue weighted by Crippen LogP contribution is -2.47. The number of nitrogens with one attached hydrogen (secondary N) is 1. The number of halogens is 1. The second kappa shape index (κ2) is 12.3. The standard InChI is InChI=1S/C30H28BrN5O5S2/c31-21-3-1-20-16-22(4-2-19(20)15-21)43(39,40)28-24(29(37)35-11-9-32-10-12-35)6-5-23(25-7-8-33-18-34-25)27(28)30(38)36-13-14-41-26(42)17-36/h1-8,15-16,18,26,32,42H,9-14,17H2. The highest BCUT2D eigenvalue weighted by molar-refractivity contribution is 9.10. The normalized spacial score (nSPS) is 17.7. The highest BCUT2D eigenvalue weighted by atomic mass is 79.9. The van der Waals surface area contributed by atoms with E-state index in [0.29, 0.717) is 37.3 Å². The Morgan fingerprint density at radius 3 is 2.47 bits per heavy atom. The van der Waals surface area contributed by atoms with Crippen LogP contribution in [0.4, 0.5) is 0 Å². The first kappa shape index (κ1) is 29.7. The fourth-order valence-electron chi connectivity index (χ4n) is 5.40. The molecule has 2 aliphatic rings. The number of nitrogens with zero attached hydrogens (tertiary/aromatic N) is 4. The van der Waals surface area contributed by atoms with Crippen molar-refractivity contribution in [3.05, 3.63) is 82.7 Å². The Morgan fingerprint density at radius 2 is 1.72 bits per heavy atom. The first-order valence-electron chi connectivity index (χ1n) is 13.7. The maximum Gasteiger partial charge on any atom is 0.256 e. The number of hydrogen-bond donors (Lipinski definition) is 2. The lowest BCUT2D eigenvalue weighted by molar-refractivity contribution is 0.0176. The summed E-state index contributed by atoms with van der Waals surface area (Å²) in [7, 11) is -4.43. The predicted molar refractivity (Wildman–Crippen MR) is 168 cm³/mol. The van der Waals surface area contributed by atoms with Gasteiger partial charge >= 0.3 is 0 Å². The Labute approximate surface area is 262 Å². The SMILES string of the molecule is O=C(c1ccc(-c2ccncn2)c(C(=O)N2CCOC(S)C2)c1S(=O)(=O)c1ccc2cc(Br)ccc2c1)N1CCNCC1. The van der Waals surface area contributed by atoms with E-state index in [1.54, 1.807) is 29.2 Å². The fourth-order valence-corrected chi connectivity index (χ4v) is 7.76. The number of amides is 2. The van der Waals surface area contributed by atoms with Crippen LogP contribution in [-0.2, 0) is 14.6 Å². The molecule has 0 aliphatic carbocycles. The van der Waals surface area contributed by atoms with E-state index in [4.69, 9.17) is 4.74 Å². The number of carbonyl (C=O) groups is 2. The average molecular weight is 683 g/mol. The summed E-state index contributed by atoms with van der Waals surface area (Å²) >= 11 is 7.86. The van der Waals surface area contributed by atoms with Crippen LogP contribution in [0.2, 0.25) is 0 Å². The van der Waals surface area contributed by atoms with Gasteiger partial charge in [0.2, 0.25) is 9.84 Å². The molecule has 2 amide bonds. The number of morpholine rings is 1. The van der Waals surface area contributed by atoms with Crippen molar-refractivity contribution in [2.45, 2.75) is 15.2 Å². The number of rotatable bonds is 5. The number of aromatic nitrogens is 2. The molecule has 13 heteroatoms. The highest BCUT2D eigenvalue weighted by Gasteiger charge is 2.37. The minimum atomic E-state index is -4.43. The van der Waals surface area contributed by atoms with Gasteiger partial charge in [-0.15, -0.1) is 12.6 Å². The third kappa shape index (κ3) is 5.92. The molecule has 43 heavy (non-hydrogen) atoms. The van der Waals surface area contributed by atoms with Gasteiger partial charge in [-0.3, -0.25) is 9.59 Å². The number of sulfone groups is 1. The number of fused-ring (bicyclic) bond motifs is 1. The summed E-state index contributed by atoms with van der Waals surface area (Å²) in [5.41, 5.74) is -0.0665. The van der Waals surface area contributed by atoms with Crippen molar-refractivity contribution in [1.82, 2.24) is 25.1 Å². The molecule has 6 rings (SSSR count). The molecule has 2 aliphatic heterocycles. The Bertz CT molecular complexity index is 1820. The second-order valence-electron chi connectivity index (χ2n) is 10.2. The lowest BCUT2D eigenvalue weighted by Gasteiger charge is -2.32. The van der Waals surface area contributed by atoms with Gasteiger partial charge in [0, 0.05) is 49.0 Å². The van der Waals surface area contributed by atoms with Gasteiger partial charge in [0.25, 0.3) is 11.8 Å². The minimum Gasteiger partial charge on any atom is -0.364 e. The molecule has 0 spiro atoms. The predicted octanol–water partition coefficient (Wildman–Crippen LogP) is 3.67. The zero-order valence-corrected chi connectivity index (χ0v) is 26.2. The number of benzene rings is 3. The molecule has 0 saturated carbocycles. The zero-order chi connectivity index (χ0) is 30.1. The first-order valence-corrected chi connectivity index (χ1v) is 16.5. The third-order valence-electron chi connectivity index (χ3n) is 7.55. The summed E-state index contributed by atoms with van der Waals surface area (Å²) in [6.07, 6.45) is 2.85. The van der Waals surface area contributed by atoms with Crippen LogP contribution >= 0.6 is 28.6 Å². The number of thiol groups is 1. The molecule has 3 heterocycles. The van der Waals surface area contributed by atoms with Crippen molar-refractivity contribution in [3.63, 3.8) is 0 Å². The summed E-state index contributed by atoms with van der Waals surface area (Å²) in [6.45, 7) is 2.59. The van der Waals surface area contributed by atoms with Crippen molar-refractivity contribution in [1.29, 1.82) is 0 Å². The van der Waals surface area contributed by atoms with E-state index in [9.17, 15) is 18.0 Å². The van der Waals surface area contributed by atoms with Crippen LogP contribution in [0.25, 0.3) is 22.0 Å². The lowest BCUT2D eigenvalue weighted by atomic mass is 9.98. The number of carbonyl (C=O) groups excluding carboxylic acids is 2. The molecule has 1 N–H and O–H groups in total. The van der Waals surface area contributed by atoms with E-state index in [0.717, 1.165) is 9.86 Å². The minimum absolute atomic E-state index is 0.0281. The molecule has 222 valence electrons. The molecule has 4 aromatic rings. The van der Waals surface area contributed by atoms with Crippen LogP contribution in [0.1, 0.15) is 20.7 Å². The largest absolute Gasteiger partial charge is 0.364 e. The van der Waals surface area contributed by atoms with Crippen LogP contribution < -0.4 is 5.32 Å². The van der Waals surface area contributed by atoms with Crippen LogP contribution in [0.15, 0.2) is 81.4 Å². The van der Waals surface area contributed by atoms with Crippen molar-refractivity contribution in [2.24, 2.45) is 0 Å². The van der Waals surface area contributed by atoms with E-state index in [2.05, 4.69) is 43.8 Å². The van der Waals surface area contributed by atoms with Crippen LogP contribution in [0.5, 0.6) is 0 Å². The topological polar surface area (TPSA) is 122 Å². The molecule has 1 atom stereocenters. The molecule has 1 unspecified atom stereocenters. The molecule has 2 fully saturated rings. The Morgan fingerprint density at radius 1 is 0.953 bits per heavy atom. The van der Waals surface area contributed by atoms with E-state index in [-0.39, 0.29) is 46.2 Å². The quantitative estimate of drug-likeness (QED) is 0.306. The Kier molecular flexibility index (Phi) is 8.51. The van der Waals surface area contributed by atoms with E-state index < -0.39 is 27.1 Å². The summed E-state index contributed by atoms with van der Waals surface area (Å²) in [5.74, 6) is -1.00. The van der Waals surface area contributed by atoms with E-state index in [1.165, 1.54) is 29.6 Å². The van der Waals surface area contributed by atoms with Gasteiger partial charge in [0.15, 0.2) is 0 Å². The van der Waals surface area contributed by atoms with Gasteiger partial charge in [-0.25, -0.2) is 18.4 Å². The van der Waals surface area contributed by atoms with Crippen molar-refractivity contribution < 1.29 is 22.7 Å². The van der Waals surface area contributed by atoms with E-state index >= 15 is 0 Å². The molecule has 2 saturated heterocycles. The van der Waals surface area contributed by atoms with Crippen molar-refractivity contribution in [2.75, 3.05) is 45.9 Å². The smallest absolute Gasteiger partial charge is 0.256 e. The maximum atomic E-state index is 14.8. The first-order chi connectivity index (χ1) is 20.7. The molecule has 3 aromatic carbocycles. The molecule has 1 aromatic heterocycles. The molecular weight excluding hydrogens is 654 g/mol. The van der Waals surface area contributed by atoms with Crippen LogP contribution in [-0.4, -0.2) is 91.3 Å². The van der Waals surface area contributed by atoms with Crippen LogP contribution in [0, 0.1) is 0 Å². The zero-order valence-electron chi connectivity index (χ0n) is 22.9. The molecule has 0 radical (unpaired) electrons. The van der Waals surface area contributed by atoms with Crippen molar-refractivity contribution >= 4 is 61.0 Å². The molecule has 0 bridgehead atoms. The van der Waals surface area contributed by atoms with Gasteiger partial charge in [-0.05, 0) is 47.2 Å². The number of ether oxygens (including phenoxy) is 1. The second-order valence-corrected chi connectivity index (χ2v) is 13.6. The Balaban J connectivity index is 1.62. The summed E-state index contributed by atoms with van der Waals surface area (Å²) in [5, 5.41) is 4.75. The fraction of sp³-hybridized carbons (Fsp3) is 0.267. The van der Waals surface area contributed by atoms with Crippen LogP contribution in [0.3, 0.4) is 0 Å². The summed E-state index contributed by atoms with van der Waals surface area (Å²) in [6, 6.07) is 15.0. The highest BCUT2D eigenvalue weighted by Crippen LogP contribution is 2.37. The molecule has 10 nitrogen and oxygen atoms in total. The number of piperazine rings is 1. The van der Waals surface area contributed by atoms with Gasteiger partial charge in [0.05, 0.1) is 39.8 Å². The van der Waals surface area contributed by atoms with Gasteiger partial charge in [-0.2, -0.15) is 0 Å². The Hall–Kier alpha value is -3.36. The summed E-state index contributed by atoms with van der Waals surface area (Å²) in [4.78, 5) is 39.6. The monoisotopic (exact) mass is 681 g/mol. The van der Waals surface area contributed by atoms with Gasteiger partial charge in [0.1, 0.15) is 11.8 Å².